The van der Waals surface area contributed by atoms with Gasteiger partial charge in [0.2, 0.25) is 11.8 Å². The summed E-state index contributed by atoms with van der Waals surface area (Å²) in [4.78, 5) is 27.4. The van der Waals surface area contributed by atoms with Crippen LogP contribution >= 0.6 is 11.8 Å². The summed E-state index contributed by atoms with van der Waals surface area (Å²) in [6.45, 7) is 6.00. The van der Waals surface area contributed by atoms with Crippen LogP contribution in [0.1, 0.15) is 12.5 Å². The van der Waals surface area contributed by atoms with Gasteiger partial charge in [0, 0.05) is 45.7 Å². The van der Waals surface area contributed by atoms with E-state index >= 15 is 0 Å². The Morgan fingerprint density at radius 3 is 2.27 bits per heavy atom. The molecule has 0 atom stereocenters. The first-order valence-electron chi connectivity index (χ1n) is 8.58. The molecule has 0 spiro atoms. The van der Waals surface area contributed by atoms with Crippen LogP contribution in [0, 0.1) is 6.92 Å². The van der Waals surface area contributed by atoms with Gasteiger partial charge in [0.25, 0.3) is 0 Å². The summed E-state index contributed by atoms with van der Waals surface area (Å²) >= 11 is 1.39. The molecule has 2 amide bonds. The molecule has 1 fully saturated rings. The van der Waals surface area contributed by atoms with Crippen molar-refractivity contribution in [2.24, 2.45) is 7.05 Å². The minimum atomic E-state index is 0.0641. The van der Waals surface area contributed by atoms with Crippen LogP contribution in [0.4, 0.5) is 0 Å². The second-order valence-electron chi connectivity index (χ2n) is 6.41. The molecule has 1 saturated heterocycles. The fourth-order valence-corrected chi connectivity index (χ4v) is 3.70. The zero-order valence-corrected chi connectivity index (χ0v) is 16.1. The van der Waals surface area contributed by atoms with Gasteiger partial charge in [-0.1, -0.05) is 41.6 Å². The molecule has 2 heterocycles. The highest BCUT2D eigenvalue weighted by molar-refractivity contribution is 7.99. The van der Waals surface area contributed by atoms with Gasteiger partial charge in [0.15, 0.2) is 11.0 Å². The first kappa shape index (κ1) is 18.4. The van der Waals surface area contributed by atoms with E-state index in [2.05, 4.69) is 10.2 Å². The molecule has 3 rings (SSSR count). The Morgan fingerprint density at radius 1 is 1.04 bits per heavy atom. The van der Waals surface area contributed by atoms with Gasteiger partial charge in [-0.2, -0.15) is 0 Å². The van der Waals surface area contributed by atoms with Gasteiger partial charge < -0.3 is 14.4 Å². The Kier molecular flexibility index (Phi) is 5.61. The van der Waals surface area contributed by atoms with Crippen LogP contribution in [0.3, 0.4) is 0 Å². The number of carbonyl (C=O) groups excluding carboxylic acids is 2. The predicted octanol–water partition coefficient (Wildman–Crippen LogP) is 1.57. The van der Waals surface area contributed by atoms with Crippen LogP contribution in [0.25, 0.3) is 11.4 Å². The number of aromatic nitrogens is 3. The highest BCUT2D eigenvalue weighted by Crippen LogP contribution is 2.23. The van der Waals surface area contributed by atoms with E-state index in [-0.39, 0.29) is 11.8 Å². The van der Waals surface area contributed by atoms with E-state index in [9.17, 15) is 9.59 Å². The third-order valence-electron chi connectivity index (χ3n) is 4.55. The SMILES string of the molecule is CC(=O)N1CCN(C(=O)CSc2nnc(-c3ccc(C)cc3)n2C)CC1. The largest absolute Gasteiger partial charge is 0.339 e. The number of aryl methyl sites for hydroxylation is 1. The Balaban J connectivity index is 1.58. The minimum Gasteiger partial charge on any atom is -0.339 e. The summed E-state index contributed by atoms with van der Waals surface area (Å²) in [7, 11) is 1.91. The number of hydrogen-bond acceptors (Lipinski definition) is 5. The molecule has 1 aliphatic heterocycles. The fourth-order valence-electron chi connectivity index (χ4n) is 2.88. The van der Waals surface area contributed by atoms with E-state index in [4.69, 9.17) is 0 Å². The van der Waals surface area contributed by atoms with Crippen LogP contribution in [0.15, 0.2) is 29.4 Å². The van der Waals surface area contributed by atoms with Gasteiger partial charge >= 0.3 is 0 Å². The normalized spacial score (nSPS) is 14.6. The van der Waals surface area contributed by atoms with E-state index in [1.54, 1.807) is 11.8 Å². The van der Waals surface area contributed by atoms with Gasteiger partial charge in [-0.15, -0.1) is 10.2 Å². The molecule has 26 heavy (non-hydrogen) atoms. The quantitative estimate of drug-likeness (QED) is 0.761. The third kappa shape index (κ3) is 4.07. The first-order valence-corrected chi connectivity index (χ1v) is 9.57. The maximum absolute atomic E-state index is 12.4. The maximum atomic E-state index is 12.4. The molecule has 1 aromatic heterocycles. The molecular weight excluding hydrogens is 350 g/mol. The summed E-state index contributed by atoms with van der Waals surface area (Å²) in [5.74, 6) is 1.24. The van der Waals surface area contributed by atoms with E-state index in [1.807, 2.05) is 47.7 Å². The van der Waals surface area contributed by atoms with Gasteiger partial charge in [-0.25, -0.2) is 0 Å². The van der Waals surface area contributed by atoms with Crippen LogP contribution in [-0.4, -0.2) is 68.3 Å². The smallest absolute Gasteiger partial charge is 0.233 e. The summed E-state index contributed by atoms with van der Waals surface area (Å²) < 4.78 is 1.91. The Hall–Kier alpha value is -2.35. The number of rotatable bonds is 4. The second-order valence-corrected chi connectivity index (χ2v) is 7.35. The molecule has 8 heteroatoms. The monoisotopic (exact) mass is 373 g/mol. The van der Waals surface area contributed by atoms with Gasteiger partial charge in [-0.05, 0) is 6.92 Å². The van der Waals surface area contributed by atoms with Crippen molar-refractivity contribution in [3.63, 3.8) is 0 Å². The summed E-state index contributed by atoms with van der Waals surface area (Å²) in [6, 6.07) is 8.13. The number of carbonyl (C=O) groups is 2. The number of benzene rings is 1. The van der Waals surface area contributed by atoms with Crippen LogP contribution < -0.4 is 0 Å². The van der Waals surface area contributed by atoms with Crippen molar-refractivity contribution in [3.05, 3.63) is 29.8 Å². The average Bonchev–Trinajstić information content (AvgIpc) is 3.01. The molecule has 0 aliphatic carbocycles. The van der Waals surface area contributed by atoms with Gasteiger partial charge in [0.1, 0.15) is 0 Å². The highest BCUT2D eigenvalue weighted by atomic mass is 32.2. The number of thioether (sulfide) groups is 1. The standard InChI is InChI=1S/C18H23N5O2S/c1-13-4-6-15(7-5-13)17-19-20-18(21(17)3)26-12-16(25)23-10-8-22(9-11-23)14(2)24/h4-7H,8-12H2,1-3H3. The molecule has 0 saturated carbocycles. The molecule has 0 bridgehead atoms. The molecule has 1 aromatic carbocycles. The van der Waals surface area contributed by atoms with E-state index in [0.29, 0.717) is 31.9 Å². The van der Waals surface area contributed by atoms with E-state index in [0.717, 1.165) is 16.5 Å². The van der Waals surface area contributed by atoms with Crippen LogP contribution in [-0.2, 0) is 16.6 Å². The third-order valence-corrected chi connectivity index (χ3v) is 5.55. The number of nitrogens with zero attached hydrogens (tertiary/aromatic N) is 5. The average molecular weight is 373 g/mol. The first-order chi connectivity index (χ1) is 12.5. The second kappa shape index (κ2) is 7.90. The molecule has 138 valence electrons. The van der Waals surface area contributed by atoms with E-state index < -0.39 is 0 Å². The number of piperazine rings is 1. The molecule has 0 radical (unpaired) electrons. The van der Waals surface area contributed by atoms with Crippen molar-refractivity contribution in [1.29, 1.82) is 0 Å². The maximum Gasteiger partial charge on any atom is 0.233 e. The Labute approximate surface area is 157 Å². The molecule has 0 N–H and O–H groups in total. The lowest BCUT2D eigenvalue weighted by Crippen LogP contribution is -2.50. The van der Waals surface area contributed by atoms with Gasteiger partial charge in [0.05, 0.1) is 5.75 Å². The molecule has 2 aromatic rings. The topological polar surface area (TPSA) is 71.3 Å². The Bertz CT molecular complexity index is 794. The lowest BCUT2D eigenvalue weighted by Gasteiger charge is -2.34. The van der Waals surface area contributed by atoms with E-state index in [1.165, 1.54) is 17.3 Å². The van der Waals surface area contributed by atoms with Crippen molar-refractivity contribution in [1.82, 2.24) is 24.6 Å². The summed E-state index contributed by atoms with van der Waals surface area (Å²) in [5, 5.41) is 9.20. The van der Waals surface area contributed by atoms with Crippen molar-refractivity contribution in [2.45, 2.75) is 19.0 Å². The lowest BCUT2D eigenvalue weighted by atomic mass is 10.1. The number of amides is 2. The zero-order chi connectivity index (χ0) is 18.7. The highest BCUT2D eigenvalue weighted by Gasteiger charge is 2.23. The number of hydrogen-bond donors (Lipinski definition) is 0. The zero-order valence-electron chi connectivity index (χ0n) is 15.3. The van der Waals surface area contributed by atoms with Crippen LogP contribution in [0.5, 0.6) is 0 Å². The van der Waals surface area contributed by atoms with Crippen molar-refractivity contribution >= 4 is 23.6 Å². The molecule has 7 nitrogen and oxygen atoms in total. The predicted molar refractivity (Wildman–Crippen MR) is 101 cm³/mol. The fraction of sp³-hybridized carbons (Fsp3) is 0.444. The summed E-state index contributed by atoms with van der Waals surface area (Å²) in [5.41, 5.74) is 2.20. The lowest BCUT2D eigenvalue weighted by molar-refractivity contribution is -0.136. The molecule has 0 unspecified atom stereocenters. The minimum absolute atomic E-state index is 0.0641. The van der Waals surface area contributed by atoms with Crippen molar-refractivity contribution in [2.75, 3.05) is 31.9 Å². The van der Waals surface area contributed by atoms with Gasteiger partial charge in [-0.3, -0.25) is 9.59 Å². The Morgan fingerprint density at radius 2 is 1.65 bits per heavy atom. The van der Waals surface area contributed by atoms with Crippen LogP contribution in [0.2, 0.25) is 0 Å². The van der Waals surface area contributed by atoms with Crippen molar-refractivity contribution < 1.29 is 9.59 Å². The molecular formula is C18H23N5O2S. The van der Waals surface area contributed by atoms with Crippen molar-refractivity contribution in [3.8, 4) is 11.4 Å². The molecule has 1 aliphatic rings. The summed E-state index contributed by atoms with van der Waals surface area (Å²) in [6.07, 6.45) is 0.